The molecular formula is C20H28NO7P. The average molecular weight is 425 g/mol. The third-order valence-electron chi connectivity index (χ3n) is 5.31. The number of benzene rings is 1. The molecule has 29 heavy (non-hydrogen) atoms. The van der Waals surface area contributed by atoms with Gasteiger partial charge >= 0.3 is 0 Å². The predicted octanol–water partition coefficient (Wildman–Crippen LogP) is 2.12. The topological polar surface area (TPSA) is 92.3 Å². The first-order chi connectivity index (χ1) is 13.5. The molecule has 0 saturated carbocycles. The molecule has 1 aromatic rings. The number of hydrogen-bond acceptors (Lipinski definition) is 7. The Balaban J connectivity index is 1.78. The summed E-state index contributed by atoms with van der Waals surface area (Å²) in [5, 5.41) is 3.31. The molecule has 0 spiro atoms. The summed E-state index contributed by atoms with van der Waals surface area (Å²) >= 11 is 0. The van der Waals surface area contributed by atoms with E-state index in [9.17, 15) is 9.36 Å². The van der Waals surface area contributed by atoms with Gasteiger partial charge in [-0.3, -0.25) is 9.36 Å². The third-order valence-corrected chi connectivity index (χ3v) is 8.04. The molecule has 1 unspecified atom stereocenters. The normalized spacial score (nSPS) is 40.4. The molecular weight excluding hydrogens is 397 g/mol. The fourth-order valence-corrected chi connectivity index (χ4v) is 6.95. The van der Waals surface area contributed by atoms with Gasteiger partial charge in [0.25, 0.3) is 7.37 Å². The van der Waals surface area contributed by atoms with Gasteiger partial charge in [0.05, 0.1) is 6.61 Å². The van der Waals surface area contributed by atoms with Crippen molar-refractivity contribution in [3.05, 3.63) is 30.3 Å². The van der Waals surface area contributed by atoms with E-state index in [-0.39, 0.29) is 12.5 Å². The molecule has 160 valence electrons. The molecule has 3 aliphatic heterocycles. The van der Waals surface area contributed by atoms with Crippen molar-refractivity contribution in [2.75, 3.05) is 6.61 Å². The Morgan fingerprint density at radius 2 is 1.66 bits per heavy atom. The molecule has 0 radical (unpaired) electrons. The molecule has 0 aromatic heterocycles. The van der Waals surface area contributed by atoms with Crippen molar-refractivity contribution >= 4 is 18.6 Å². The molecule has 3 heterocycles. The van der Waals surface area contributed by atoms with E-state index in [0.717, 1.165) is 0 Å². The van der Waals surface area contributed by atoms with Crippen LogP contribution in [-0.2, 0) is 32.8 Å². The van der Waals surface area contributed by atoms with Crippen molar-refractivity contribution in [2.45, 2.75) is 76.4 Å². The highest BCUT2D eigenvalue weighted by molar-refractivity contribution is 7.67. The standard InChI is InChI=1S/C20H28NO7P/c1-12(22)21-18-17-16(26-20(4,5)27-17)15(14-11-24-19(2,3)25-14)28-29(18,23)13-9-7-6-8-10-13/h6-10,14-18H,11H2,1-5H3,(H,21,22)/t14-,15+,16+,17+,18-,29?/m1/s1. The second kappa shape index (κ2) is 7.15. The van der Waals surface area contributed by atoms with Crippen LogP contribution < -0.4 is 10.6 Å². The molecule has 6 atom stereocenters. The Morgan fingerprint density at radius 1 is 1.00 bits per heavy atom. The zero-order valence-electron chi connectivity index (χ0n) is 17.3. The van der Waals surface area contributed by atoms with Crippen LogP contribution in [0.4, 0.5) is 0 Å². The van der Waals surface area contributed by atoms with Crippen molar-refractivity contribution in [2.24, 2.45) is 0 Å². The Hall–Kier alpha value is -1.28. The number of amides is 1. The molecule has 8 nitrogen and oxygen atoms in total. The highest BCUT2D eigenvalue weighted by Gasteiger charge is 2.62. The number of carbonyl (C=O) groups is 1. The largest absolute Gasteiger partial charge is 0.348 e. The van der Waals surface area contributed by atoms with E-state index in [4.69, 9.17) is 23.5 Å². The number of rotatable bonds is 3. The average Bonchev–Trinajstić information content (AvgIpc) is 3.16. The molecule has 3 aliphatic rings. The van der Waals surface area contributed by atoms with Crippen LogP contribution in [0.2, 0.25) is 0 Å². The van der Waals surface area contributed by atoms with Gasteiger partial charge in [-0.15, -0.1) is 0 Å². The third kappa shape index (κ3) is 3.90. The van der Waals surface area contributed by atoms with Gasteiger partial charge in [-0.2, -0.15) is 0 Å². The Labute approximate surface area is 170 Å². The van der Waals surface area contributed by atoms with Crippen LogP contribution in [0.5, 0.6) is 0 Å². The second-order valence-corrected chi connectivity index (χ2v) is 11.1. The highest BCUT2D eigenvalue weighted by Crippen LogP contribution is 2.60. The molecule has 1 N–H and O–H groups in total. The Morgan fingerprint density at radius 3 is 2.24 bits per heavy atom. The lowest BCUT2D eigenvalue weighted by molar-refractivity contribution is -0.174. The monoisotopic (exact) mass is 425 g/mol. The number of nitrogens with one attached hydrogen (secondary N) is 1. The number of carbonyl (C=O) groups excluding carboxylic acids is 1. The van der Waals surface area contributed by atoms with Crippen LogP contribution in [0, 0.1) is 0 Å². The molecule has 0 aliphatic carbocycles. The first kappa shape index (κ1) is 21.0. The van der Waals surface area contributed by atoms with Crippen molar-refractivity contribution in [1.29, 1.82) is 0 Å². The van der Waals surface area contributed by atoms with Crippen LogP contribution in [0.1, 0.15) is 34.6 Å². The summed E-state index contributed by atoms with van der Waals surface area (Å²) in [6.45, 7) is 8.88. The van der Waals surface area contributed by atoms with Crippen molar-refractivity contribution in [3.63, 3.8) is 0 Å². The molecule has 3 saturated heterocycles. The summed E-state index contributed by atoms with van der Waals surface area (Å²) in [5.74, 6) is -2.89. The van der Waals surface area contributed by atoms with Crippen LogP contribution in [-0.4, -0.2) is 54.3 Å². The zero-order chi connectivity index (χ0) is 21.0. The van der Waals surface area contributed by atoms with E-state index in [1.54, 1.807) is 38.1 Å². The summed E-state index contributed by atoms with van der Waals surface area (Å²) in [7, 11) is -3.58. The lowest BCUT2D eigenvalue weighted by Gasteiger charge is -2.43. The number of fused-ring (bicyclic) bond motifs is 1. The molecule has 1 aromatic carbocycles. The first-order valence-electron chi connectivity index (χ1n) is 9.79. The summed E-state index contributed by atoms with van der Waals surface area (Å²) in [6.07, 6.45) is -2.40. The summed E-state index contributed by atoms with van der Waals surface area (Å²) < 4.78 is 44.6. The maximum Gasteiger partial charge on any atom is 0.256 e. The lowest BCUT2D eigenvalue weighted by Crippen LogP contribution is -2.59. The quantitative estimate of drug-likeness (QED) is 0.742. The predicted molar refractivity (Wildman–Crippen MR) is 105 cm³/mol. The minimum Gasteiger partial charge on any atom is -0.348 e. The van der Waals surface area contributed by atoms with Gasteiger partial charge in [-0.1, -0.05) is 18.2 Å². The second-order valence-electron chi connectivity index (χ2n) is 8.58. The molecule has 0 bridgehead atoms. The van der Waals surface area contributed by atoms with Crippen molar-refractivity contribution < 1.29 is 32.8 Å². The van der Waals surface area contributed by atoms with E-state index in [2.05, 4.69) is 5.32 Å². The zero-order valence-corrected chi connectivity index (χ0v) is 18.2. The maximum absolute atomic E-state index is 14.3. The van der Waals surface area contributed by atoms with Crippen LogP contribution in [0.25, 0.3) is 0 Å². The number of ether oxygens (including phenoxy) is 4. The summed E-state index contributed by atoms with van der Waals surface area (Å²) in [5.41, 5.74) is 0. The van der Waals surface area contributed by atoms with E-state index in [0.29, 0.717) is 5.30 Å². The van der Waals surface area contributed by atoms with Gasteiger partial charge in [0.2, 0.25) is 5.91 Å². The highest BCUT2D eigenvalue weighted by atomic mass is 31.2. The smallest absolute Gasteiger partial charge is 0.256 e. The van der Waals surface area contributed by atoms with Gasteiger partial charge in [0.1, 0.15) is 30.2 Å². The SMILES string of the molecule is CC(=O)N[C@H]1[C@H]2OC(C)(C)O[C@H]2[C@H]([C@H]2COC(C)(C)O2)OP1(=O)c1ccccc1. The maximum atomic E-state index is 14.3. The van der Waals surface area contributed by atoms with Crippen molar-refractivity contribution in [1.82, 2.24) is 5.32 Å². The molecule has 1 amide bonds. The van der Waals surface area contributed by atoms with Gasteiger partial charge in [0, 0.05) is 12.2 Å². The molecule has 4 rings (SSSR count). The minimum absolute atomic E-state index is 0.282. The Kier molecular flexibility index (Phi) is 5.17. The Bertz CT molecular complexity index is 827. The van der Waals surface area contributed by atoms with Crippen molar-refractivity contribution in [3.8, 4) is 0 Å². The summed E-state index contributed by atoms with van der Waals surface area (Å²) in [6, 6.07) is 8.90. The minimum atomic E-state index is -3.58. The van der Waals surface area contributed by atoms with Gasteiger partial charge in [-0.25, -0.2) is 0 Å². The van der Waals surface area contributed by atoms with Crippen LogP contribution >= 0.6 is 7.37 Å². The number of hydrogen-bond donors (Lipinski definition) is 1. The van der Waals surface area contributed by atoms with E-state index in [1.165, 1.54) is 6.92 Å². The van der Waals surface area contributed by atoms with Crippen LogP contribution in [0.3, 0.4) is 0 Å². The van der Waals surface area contributed by atoms with Gasteiger partial charge in [-0.05, 0) is 39.8 Å². The fraction of sp³-hybridized carbons (Fsp3) is 0.650. The summed E-state index contributed by atoms with van der Waals surface area (Å²) in [4.78, 5) is 12.0. The van der Waals surface area contributed by atoms with Gasteiger partial charge < -0.3 is 28.8 Å². The fourth-order valence-electron chi connectivity index (χ4n) is 4.20. The molecule has 9 heteroatoms. The van der Waals surface area contributed by atoms with E-state index >= 15 is 0 Å². The van der Waals surface area contributed by atoms with Gasteiger partial charge in [0.15, 0.2) is 11.6 Å². The first-order valence-corrected chi connectivity index (χ1v) is 11.5. The van der Waals surface area contributed by atoms with E-state index < -0.39 is 49.1 Å². The lowest BCUT2D eigenvalue weighted by atomic mass is 10.0. The molecule has 3 fully saturated rings. The van der Waals surface area contributed by atoms with Crippen LogP contribution in [0.15, 0.2) is 30.3 Å². The van der Waals surface area contributed by atoms with E-state index in [1.807, 2.05) is 19.9 Å².